The van der Waals surface area contributed by atoms with Crippen molar-refractivity contribution in [3.05, 3.63) is 35.9 Å². The van der Waals surface area contributed by atoms with Crippen molar-refractivity contribution in [1.29, 1.82) is 0 Å². The van der Waals surface area contributed by atoms with Crippen LogP contribution >= 0.6 is 0 Å². The maximum Gasteiger partial charge on any atom is 0.216 e. The van der Waals surface area contributed by atoms with E-state index in [1.54, 1.807) is 24.3 Å². The Hall–Kier alpha value is -1.60. The van der Waals surface area contributed by atoms with E-state index in [0.717, 1.165) is 0 Å². The van der Waals surface area contributed by atoms with Crippen LogP contribution in [0.25, 0.3) is 0 Å². The first-order valence-electron chi connectivity index (χ1n) is 4.96. The number of rotatable bonds is 5. The number of hydrogen-bond acceptors (Lipinski definition) is 4. The van der Waals surface area contributed by atoms with E-state index in [0.29, 0.717) is 5.56 Å². The standard InChI is InChI=1S/C10H15N3O3S/c1-8(10(11)12-14)13-17(15,16)7-9-5-3-2-4-6-9/h2-6,8,13-14H,7H2,1H3,(H2,11,12). The van der Waals surface area contributed by atoms with Gasteiger partial charge in [-0.3, -0.25) is 0 Å². The molecule has 7 heteroatoms. The lowest BCUT2D eigenvalue weighted by atomic mass is 10.2. The molecule has 0 heterocycles. The number of nitrogens with zero attached hydrogens (tertiary/aromatic N) is 1. The Balaban J connectivity index is 2.71. The molecule has 4 N–H and O–H groups in total. The maximum absolute atomic E-state index is 11.7. The maximum atomic E-state index is 11.7. The fourth-order valence-corrected chi connectivity index (χ4v) is 2.63. The van der Waals surface area contributed by atoms with Crippen LogP contribution in [-0.2, 0) is 15.8 Å². The smallest absolute Gasteiger partial charge is 0.216 e. The number of nitrogens with one attached hydrogen (secondary N) is 1. The number of oxime groups is 1. The number of hydrogen-bond donors (Lipinski definition) is 3. The fourth-order valence-electron chi connectivity index (χ4n) is 1.25. The molecular formula is C10H15N3O3S. The zero-order chi connectivity index (χ0) is 12.9. The van der Waals surface area contributed by atoms with E-state index < -0.39 is 16.1 Å². The van der Waals surface area contributed by atoms with Gasteiger partial charge in [-0.2, -0.15) is 0 Å². The molecule has 6 nitrogen and oxygen atoms in total. The van der Waals surface area contributed by atoms with Gasteiger partial charge in [0.15, 0.2) is 5.84 Å². The quantitative estimate of drug-likeness (QED) is 0.304. The van der Waals surface area contributed by atoms with Gasteiger partial charge in [0.1, 0.15) is 0 Å². The SMILES string of the molecule is CC(NS(=O)(=O)Cc1ccccc1)/C(N)=N/O. The van der Waals surface area contributed by atoms with Crippen LogP contribution < -0.4 is 10.5 Å². The van der Waals surface area contributed by atoms with Crippen LogP contribution in [-0.4, -0.2) is 25.5 Å². The predicted molar refractivity (Wildman–Crippen MR) is 65.1 cm³/mol. The topological polar surface area (TPSA) is 105 Å². The van der Waals surface area contributed by atoms with Crippen LogP contribution in [0.5, 0.6) is 0 Å². The summed E-state index contributed by atoms with van der Waals surface area (Å²) in [6.45, 7) is 1.50. The zero-order valence-corrected chi connectivity index (χ0v) is 10.2. The summed E-state index contributed by atoms with van der Waals surface area (Å²) < 4.78 is 25.8. The minimum Gasteiger partial charge on any atom is -0.409 e. The molecule has 1 atom stereocenters. The van der Waals surface area contributed by atoms with Crippen LogP contribution in [0, 0.1) is 0 Å². The molecule has 94 valence electrons. The Morgan fingerprint density at radius 2 is 2.06 bits per heavy atom. The van der Waals surface area contributed by atoms with E-state index in [2.05, 4.69) is 9.88 Å². The molecule has 17 heavy (non-hydrogen) atoms. The Labute approximate surface area is 100 Å². The molecule has 0 aliphatic heterocycles. The molecule has 0 saturated carbocycles. The second-order valence-electron chi connectivity index (χ2n) is 3.61. The summed E-state index contributed by atoms with van der Waals surface area (Å²) >= 11 is 0. The fraction of sp³-hybridized carbons (Fsp3) is 0.300. The van der Waals surface area contributed by atoms with E-state index in [4.69, 9.17) is 10.9 Å². The molecule has 0 bridgehead atoms. The number of nitrogens with two attached hydrogens (primary N) is 1. The molecule has 0 amide bonds. The average Bonchev–Trinajstić information content (AvgIpc) is 2.27. The first-order chi connectivity index (χ1) is 7.94. The highest BCUT2D eigenvalue weighted by Gasteiger charge is 2.17. The number of benzene rings is 1. The van der Waals surface area contributed by atoms with E-state index in [9.17, 15) is 8.42 Å². The Morgan fingerprint density at radius 3 is 2.59 bits per heavy atom. The van der Waals surface area contributed by atoms with Crippen molar-refractivity contribution >= 4 is 15.9 Å². The highest BCUT2D eigenvalue weighted by molar-refractivity contribution is 7.88. The van der Waals surface area contributed by atoms with Gasteiger partial charge in [0, 0.05) is 0 Å². The third-order valence-electron chi connectivity index (χ3n) is 2.11. The van der Waals surface area contributed by atoms with Crippen molar-refractivity contribution in [1.82, 2.24) is 4.72 Å². The van der Waals surface area contributed by atoms with Crippen molar-refractivity contribution in [2.45, 2.75) is 18.7 Å². The second kappa shape index (κ2) is 5.65. The number of amidine groups is 1. The minimum atomic E-state index is -3.51. The van der Waals surface area contributed by atoms with Gasteiger partial charge in [-0.15, -0.1) is 0 Å². The highest BCUT2D eigenvalue weighted by atomic mass is 32.2. The predicted octanol–water partition coefficient (Wildman–Crippen LogP) is 0.241. The van der Waals surface area contributed by atoms with Crippen LogP contribution in [0.15, 0.2) is 35.5 Å². The van der Waals surface area contributed by atoms with Gasteiger partial charge in [0.25, 0.3) is 0 Å². The minimum absolute atomic E-state index is 0.142. The van der Waals surface area contributed by atoms with E-state index in [1.165, 1.54) is 6.92 Å². The third kappa shape index (κ3) is 4.41. The molecule has 0 radical (unpaired) electrons. The molecule has 1 aromatic rings. The third-order valence-corrected chi connectivity index (χ3v) is 3.54. The Bertz CT molecular complexity index is 485. The van der Waals surface area contributed by atoms with Crippen LogP contribution in [0.4, 0.5) is 0 Å². The van der Waals surface area contributed by atoms with Crippen molar-refractivity contribution in [3.8, 4) is 0 Å². The lowest BCUT2D eigenvalue weighted by Gasteiger charge is -2.12. The van der Waals surface area contributed by atoms with Crippen LogP contribution in [0.1, 0.15) is 12.5 Å². The largest absolute Gasteiger partial charge is 0.409 e. The highest BCUT2D eigenvalue weighted by Crippen LogP contribution is 2.04. The molecular weight excluding hydrogens is 242 g/mol. The van der Waals surface area contributed by atoms with E-state index >= 15 is 0 Å². The van der Waals surface area contributed by atoms with Gasteiger partial charge >= 0.3 is 0 Å². The first-order valence-corrected chi connectivity index (χ1v) is 6.61. The molecule has 0 aliphatic rings. The molecule has 0 saturated heterocycles. The Kier molecular flexibility index (Phi) is 4.47. The lowest BCUT2D eigenvalue weighted by Crippen LogP contribution is -2.42. The van der Waals surface area contributed by atoms with Crippen molar-refractivity contribution in [2.24, 2.45) is 10.9 Å². The summed E-state index contributed by atoms with van der Waals surface area (Å²) in [6, 6.07) is 8.02. The summed E-state index contributed by atoms with van der Waals surface area (Å²) in [7, 11) is -3.51. The van der Waals surface area contributed by atoms with Crippen molar-refractivity contribution in [3.63, 3.8) is 0 Å². The lowest BCUT2D eigenvalue weighted by molar-refractivity contribution is 0.316. The molecule has 0 aliphatic carbocycles. The van der Waals surface area contributed by atoms with Crippen LogP contribution in [0.2, 0.25) is 0 Å². The second-order valence-corrected chi connectivity index (χ2v) is 5.36. The molecule has 1 aromatic carbocycles. The van der Waals surface area contributed by atoms with Gasteiger partial charge in [0.05, 0.1) is 11.8 Å². The monoisotopic (exact) mass is 257 g/mol. The Morgan fingerprint density at radius 1 is 1.47 bits per heavy atom. The summed E-state index contributed by atoms with van der Waals surface area (Å²) in [5.41, 5.74) is 5.96. The van der Waals surface area contributed by atoms with Gasteiger partial charge in [-0.1, -0.05) is 35.5 Å². The molecule has 0 aromatic heterocycles. The van der Waals surface area contributed by atoms with Gasteiger partial charge in [-0.25, -0.2) is 13.1 Å². The molecule has 0 spiro atoms. The first kappa shape index (κ1) is 13.5. The molecule has 1 rings (SSSR count). The summed E-state index contributed by atoms with van der Waals surface area (Å²) in [6.07, 6.45) is 0. The van der Waals surface area contributed by atoms with Gasteiger partial charge < -0.3 is 10.9 Å². The molecule has 0 fully saturated rings. The van der Waals surface area contributed by atoms with Gasteiger partial charge in [0.2, 0.25) is 10.0 Å². The van der Waals surface area contributed by atoms with Crippen LogP contribution in [0.3, 0.4) is 0 Å². The van der Waals surface area contributed by atoms with Gasteiger partial charge in [-0.05, 0) is 12.5 Å². The average molecular weight is 257 g/mol. The van der Waals surface area contributed by atoms with E-state index in [1.807, 2.05) is 6.07 Å². The summed E-state index contributed by atoms with van der Waals surface area (Å²) in [5, 5.41) is 11.2. The zero-order valence-electron chi connectivity index (χ0n) is 9.37. The summed E-state index contributed by atoms with van der Waals surface area (Å²) in [5.74, 6) is -0.321. The molecule has 1 unspecified atom stereocenters. The van der Waals surface area contributed by atoms with Crippen molar-refractivity contribution < 1.29 is 13.6 Å². The van der Waals surface area contributed by atoms with Crippen molar-refractivity contribution in [2.75, 3.05) is 0 Å². The number of sulfonamides is 1. The normalized spacial score (nSPS) is 14.5. The van der Waals surface area contributed by atoms with E-state index in [-0.39, 0.29) is 11.6 Å². The summed E-state index contributed by atoms with van der Waals surface area (Å²) in [4.78, 5) is 0.